The second-order valence-corrected chi connectivity index (χ2v) is 7.28. The molecule has 7 heteroatoms. The molecule has 1 aliphatic carbocycles. The Bertz CT molecular complexity index is 736. The molecule has 0 saturated heterocycles. The molecule has 7 nitrogen and oxygen atoms in total. The highest BCUT2D eigenvalue weighted by Crippen LogP contribution is 2.39. The minimum atomic E-state index is -0.915. The predicted octanol–water partition coefficient (Wildman–Crippen LogP) is 2.70. The van der Waals surface area contributed by atoms with Crippen molar-refractivity contribution in [3.63, 3.8) is 0 Å². The molecular weight excluding hydrogens is 348 g/mol. The van der Waals surface area contributed by atoms with Gasteiger partial charge in [-0.05, 0) is 49.8 Å². The molecule has 1 amide bonds. The normalized spacial score (nSPS) is 15.4. The van der Waals surface area contributed by atoms with Crippen LogP contribution in [0.5, 0.6) is 11.5 Å². The van der Waals surface area contributed by atoms with Crippen molar-refractivity contribution in [2.24, 2.45) is 11.8 Å². The van der Waals surface area contributed by atoms with Crippen molar-refractivity contribution >= 4 is 11.9 Å². The van der Waals surface area contributed by atoms with Gasteiger partial charge in [-0.2, -0.15) is 5.26 Å². The minimum absolute atomic E-state index is 0.157. The number of nitriles is 1. The van der Waals surface area contributed by atoms with Gasteiger partial charge in [-0.1, -0.05) is 13.8 Å². The first-order valence-corrected chi connectivity index (χ1v) is 8.99. The van der Waals surface area contributed by atoms with Gasteiger partial charge in [0.1, 0.15) is 5.54 Å². The summed E-state index contributed by atoms with van der Waals surface area (Å²) in [6.07, 6.45) is 1.82. The van der Waals surface area contributed by atoms with E-state index >= 15 is 0 Å². The zero-order valence-electron chi connectivity index (χ0n) is 16.2. The van der Waals surface area contributed by atoms with Crippen LogP contribution in [0.3, 0.4) is 0 Å². The number of nitrogens with one attached hydrogen (secondary N) is 1. The summed E-state index contributed by atoms with van der Waals surface area (Å²) < 4.78 is 16.0. The first kappa shape index (κ1) is 20.6. The molecule has 1 N–H and O–H groups in total. The first-order chi connectivity index (χ1) is 12.8. The van der Waals surface area contributed by atoms with Crippen LogP contribution >= 0.6 is 0 Å². The van der Waals surface area contributed by atoms with E-state index in [9.17, 15) is 14.9 Å². The highest BCUT2D eigenvalue weighted by atomic mass is 16.5. The average molecular weight is 374 g/mol. The Balaban J connectivity index is 1.93. The average Bonchev–Trinajstić information content (AvgIpc) is 3.49. The van der Waals surface area contributed by atoms with Crippen molar-refractivity contribution in [1.29, 1.82) is 5.26 Å². The molecule has 1 aromatic carbocycles. The number of carbonyl (C=O) groups is 2. The second-order valence-electron chi connectivity index (χ2n) is 7.28. The van der Waals surface area contributed by atoms with E-state index < -0.39 is 24.0 Å². The molecule has 1 aliphatic rings. The van der Waals surface area contributed by atoms with Gasteiger partial charge in [0.15, 0.2) is 18.1 Å². The smallest absolute Gasteiger partial charge is 0.338 e. The Morgan fingerprint density at radius 3 is 2.59 bits per heavy atom. The van der Waals surface area contributed by atoms with Gasteiger partial charge in [0.2, 0.25) is 0 Å². The standard InChI is InChI=1S/C20H26N2O5/c1-13(2)10-26-16-8-5-14(9-17(16)25-4)19(24)27-11-18(23)22-20(3,12-21)15-6-7-15/h5,8-9,13,15H,6-7,10-11H2,1-4H3,(H,22,23)/t20-/m0/s1. The van der Waals surface area contributed by atoms with Crippen LogP contribution in [-0.2, 0) is 9.53 Å². The number of benzene rings is 1. The summed E-state index contributed by atoms with van der Waals surface area (Å²) in [4.78, 5) is 24.2. The lowest BCUT2D eigenvalue weighted by atomic mass is 9.98. The van der Waals surface area contributed by atoms with Gasteiger partial charge in [0, 0.05) is 0 Å². The molecule has 0 bridgehead atoms. The molecule has 0 spiro atoms. The lowest BCUT2D eigenvalue weighted by molar-refractivity contribution is -0.125. The monoisotopic (exact) mass is 374 g/mol. The van der Waals surface area contributed by atoms with E-state index in [0.717, 1.165) is 12.8 Å². The molecule has 0 aliphatic heterocycles. The van der Waals surface area contributed by atoms with Gasteiger partial charge in [-0.3, -0.25) is 4.79 Å². The Kier molecular flexibility index (Phi) is 6.67. The van der Waals surface area contributed by atoms with E-state index in [0.29, 0.717) is 24.0 Å². The number of ether oxygens (including phenoxy) is 3. The van der Waals surface area contributed by atoms with Crippen LogP contribution in [0.15, 0.2) is 18.2 Å². The van der Waals surface area contributed by atoms with E-state index in [1.165, 1.54) is 13.2 Å². The van der Waals surface area contributed by atoms with Crippen molar-refractivity contribution in [2.75, 3.05) is 20.3 Å². The van der Waals surface area contributed by atoms with Crippen molar-refractivity contribution < 1.29 is 23.8 Å². The Morgan fingerprint density at radius 2 is 2.04 bits per heavy atom. The lowest BCUT2D eigenvalue weighted by Crippen LogP contribution is -2.48. The molecular formula is C20H26N2O5. The maximum absolute atomic E-state index is 12.2. The molecule has 27 heavy (non-hydrogen) atoms. The van der Waals surface area contributed by atoms with Gasteiger partial charge in [0.25, 0.3) is 5.91 Å². The summed E-state index contributed by atoms with van der Waals surface area (Å²) >= 11 is 0. The topological polar surface area (TPSA) is 97.6 Å². The number of nitrogens with zero attached hydrogens (tertiary/aromatic N) is 1. The molecule has 0 heterocycles. The number of methoxy groups -OCH3 is 1. The van der Waals surface area contributed by atoms with Crippen LogP contribution in [0.4, 0.5) is 0 Å². The third kappa shape index (κ3) is 5.61. The van der Waals surface area contributed by atoms with Crippen LogP contribution in [0.1, 0.15) is 44.0 Å². The summed E-state index contributed by atoms with van der Waals surface area (Å²) in [5.74, 6) is 0.319. The zero-order chi connectivity index (χ0) is 20.0. The van der Waals surface area contributed by atoms with Crippen LogP contribution < -0.4 is 14.8 Å². The fourth-order valence-corrected chi connectivity index (χ4v) is 2.59. The van der Waals surface area contributed by atoms with Crippen molar-refractivity contribution in [3.8, 4) is 17.6 Å². The van der Waals surface area contributed by atoms with Crippen LogP contribution in [0.25, 0.3) is 0 Å². The molecule has 1 aromatic rings. The highest BCUT2D eigenvalue weighted by molar-refractivity contribution is 5.92. The molecule has 0 aromatic heterocycles. The summed E-state index contributed by atoms with van der Waals surface area (Å²) in [6, 6.07) is 6.84. The fourth-order valence-electron chi connectivity index (χ4n) is 2.59. The number of amides is 1. The Morgan fingerprint density at radius 1 is 1.33 bits per heavy atom. The number of rotatable bonds is 9. The molecule has 1 atom stereocenters. The van der Waals surface area contributed by atoms with Gasteiger partial charge in [-0.25, -0.2) is 4.79 Å². The van der Waals surface area contributed by atoms with Crippen molar-refractivity contribution in [1.82, 2.24) is 5.32 Å². The first-order valence-electron chi connectivity index (χ1n) is 8.99. The molecule has 0 unspecified atom stereocenters. The SMILES string of the molecule is COc1cc(C(=O)OCC(=O)N[C@@](C)(C#N)C2CC2)ccc1OCC(C)C. The van der Waals surface area contributed by atoms with Gasteiger partial charge >= 0.3 is 5.97 Å². The highest BCUT2D eigenvalue weighted by Gasteiger charge is 2.43. The Labute approximate surface area is 159 Å². The second kappa shape index (κ2) is 8.76. The maximum Gasteiger partial charge on any atom is 0.338 e. The van der Waals surface area contributed by atoms with Crippen LogP contribution in [0.2, 0.25) is 0 Å². The Hall–Kier alpha value is -2.75. The molecule has 0 radical (unpaired) electrons. The van der Waals surface area contributed by atoms with Crippen LogP contribution in [-0.4, -0.2) is 37.7 Å². The number of hydrogen-bond donors (Lipinski definition) is 1. The zero-order valence-corrected chi connectivity index (χ0v) is 16.2. The summed E-state index contributed by atoms with van der Waals surface area (Å²) in [6.45, 7) is 5.83. The van der Waals surface area contributed by atoms with Gasteiger partial charge in [-0.15, -0.1) is 0 Å². The van der Waals surface area contributed by atoms with Crippen LogP contribution in [0, 0.1) is 23.2 Å². The third-order valence-electron chi connectivity index (χ3n) is 4.33. The molecule has 1 saturated carbocycles. The van der Waals surface area contributed by atoms with E-state index in [1.54, 1.807) is 19.1 Å². The minimum Gasteiger partial charge on any atom is -0.493 e. The van der Waals surface area contributed by atoms with E-state index in [2.05, 4.69) is 11.4 Å². The molecule has 146 valence electrons. The maximum atomic E-state index is 12.2. The van der Waals surface area contributed by atoms with Gasteiger partial charge in [0.05, 0.1) is 25.3 Å². The van der Waals surface area contributed by atoms with E-state index in [1.807, 2.05) is 13.8 Å². The third-order valence-corrected chi connectivity index (χ3v) is 4.33. The fraction of sp³-hybridized carbons (Fsp3) is 0.550. The van der Waals surface area contributed by atoms with Crippen molar-refractivity contribution in [3.05, 3.63) is 23.8 Å². The van der Waals surface area contributed by atoms with Crippen molar-refractivity contribution in [2.45, 2.75) is 39.2 Å². The number of hydrogen-bond acceptors (Lipinski definition) is 6. The quantitative estimate of drug-likeness (QED) is 0.668. The molecule has 2 rings (SSSR count). The summed E-state index contributed by atoms with van der Waals surface area (Å²) in [5.41, 5.74) is -0.663. The predicted molar refractivity (Wildman–Crippen MR) is 98.5 cm³/mol. The largest absolute Gasteiger partial charge is 0.493 e. The number of carbonyl (C=O) groups excluding carboxylic acids is 2. The van der Waals surface area contributed by atoms with Gasteiger partial charge < -0.3 is 19.5 Å². The molecule has 1 fully saturated rings. The summed E-state index contributed by atoms with van der Waals surface area (Å²) in [7, 11) is 1.49. The summed E-state index contributed by atoms with van der Waals surface area (Å²) in [5, 5.41) is 11.9. The number of esters is 1. The van der Waals surface area contributed by atoms with E-state index in [4.69, 9.17) is 14.2 Å². The lowest BCUT2D eigenvalue weighted by Gasteiger charge is -2.22. The van der Waals surface area contributed by atoms with E-state index in [-0.39, 0.29) is 11.5 Å².